The van der Waals surface area contributed by atoms with E-state index in [2.05, 4.69) is 57.5 Å². The first-order chi connectivity index (χ1) is 9.58. The highest BCUT2D eigenvalue weighted by molar-refractivity contribution is 9.10. The van der Waals surface area contributed by atoms with Gasteiger partial charge in [0.25, 0.3) is 0 Å². The van der Waals surface area contributed by atoms with Crippen LogP contribution in [0.25, 0.3) is 0 Å². The Balaban J connectivity index is 1.99. The van der Waals surface area contributed by atoms with Crippen LogP contribution < -0.4 is 5.32 Å². The highest BCUT2D eigenvalue weighted by Crippen LogP contribution is 2.18. The lowest BCUT2D eigenvalue weighted by Crippen LogP contribution is -2.17. The Morgan fingerprint density at radius 1 is 1.25 bits per heavy atom. The molecule has 4 heteroatoms. The molecule has 1 heterocycles. The van der Waals surface area contributed by atoms with Gasteiger partial charge in [-0.05, 0) is 44.8 Å². The predicted octanol–water partition coefficient (Wildman–Crippen LogP) is 3.70. The summed E-state index contributed by atoms with van der Waals surface area (Å²) in [4.78, 5) is 2.29. The molecule has 0 unspecified atom stereocenters. The van der Waals surface area contributed by atoms with Crippen molar-refractivity contribution in [1.82, 2.24) is 10.2 Å². The van der Waals surface area contributed by atoms with E-state index < -0.39 is 0 Å². The fourth-order valence-corrected chi connectivity index (χ4v) is 2.75. The maximum atomic E-state index is 5.73. The van der Waals surface area contributed by atoms with Crippen LogP contribution in [0.5, 0.6) is 0 Å². The highest BCUT2D eigenvalue weighted by atomic mass is 79.9. The van der Waals surface area contributed by atoms with Crippen LogP contribution in [0, 0.1) is 6.92 Å². The first-order valence-corrected chi connectivity index (χ1v) is 7.53. The lowest BCUT2D eigenvalue weighted by Gasteiger charge is -2.16. The number of rotatable bonds is 6. The van der Waals surface area contributed by atoms with Gasteiger partial charge in [0.05, 0.1) is 6.54 Å². The third-order valence-corrected chi connectivity index (χ3v) is 3.70. The molecule has 2 aromatic rings. The van der Waals surface area contributed by atoms with Gasteiger partial charge in [0, 0.05) is 23.1 Å². The molecule has 20 heavy (non-hydrogen) atoms. The zero-order valence-corrected chi connectivity index (χ0v) is 13.8. The SMILES string of the molecule is CNCc1cc(CN(C)Cc2cccc(Br)c2)c(C)o1. The maximum absolute atomic E-state index is 5.73. The summed E-state index contributed by atoms with van der Waals surface area (Å²) in [6.07, 6.45) is 0. The molecule has 0 bridgehead atoms. The van der Waals surface area contributed by atoms with Crippen LogP contribution in [0.1, 0.15) is 22.6 Å². The molecule has 0 radical (unpaired) electrons. The van der Waals surface area contributed by atoms with Gasteiger partial charge in [-0.25, -0.2) is 0 Å². The fourth-order valence-electron chi connectivity index (χ4n) is 2.30. The van der Waals surface area contributed by atoms with E-state index in [-0.39, 0.29) is 0 Å². The van der Waals surface area contributed by atoms with Crippen LogP contribution >= 0.6 is 15.9 Å². The molecule has 0 aliphatic rings. The lowest BCUT2D eigenvalue weighted by atomic mass is 10.2. The first-order valence-electron chi connectivity index (χ1n) is 6.74. The third-order valence-electron chi connectivity index (χ3n) is 3.20. The molecule has 0 fully saturated rings. The molecule has 108 valence electrons. The fraction of sp³-hybridized carbons (Fsp3) is 0.375. The van der Waals surface area contributed by atoms with Crippen molar-refractivity contribution < 1.29 is 4.42 Å². The first kappa shape index (κ1) is 15.3. The van der Waals surface area contributed by atoms with E-state index in [4.69, 9.17) is 4.42 Å². The van der Waals surface area contributed by atoms with Crippen LogP contribution in [0.4, 0.5) is 0 Å². The summed E-state index contributed by atoms with van der Waals surface area (Å²) >= 11 is 3.51. The molecule has 3 nitrogen and oxygen atoms in total. The van der Waals surface area contributed by atoms with Crippen molar-refractivity contribution in [1.29, 1.82) is 0 Å². The molecule has 0 aliphatic heterocycles. The average molecular weight is 337 g/mol. The molecule has 0 spiro atoms. The predicted molar refractivity (Wildman–Crippen MR) is 85.5 cm³/mol. The van der Waals surface area contributed by atoms with Crippen molar-refractivity contribution in [3.8, 4) is 0 Å². The van der Waals surface area contributed by atoms with Gasteiger partial charge < -0.3 is 9.73 Å². The Morgan fingerprint density at radius 3 is 2.75 bits per heavy atom. The molecule has 1 aromatic carbocycles. The summed E-state index contributed by atoms with van der Waals surface area (Å²) in [5.74, 6) is 2.01. The average Bonchev–Trinajstić information content (AvgIpc) is 2.70. The molecule has 2 rings (SSSR count). The Bertz CT molecular complexity index is 565. The van der Waals surface area contributed by atoms with Gasteiger partial charge in [-0.2, -0.15) is 0 Å². The van der Waals surface area contributed by atoms with Gasteiger partial charge in [-0.1, -0.05) is 28.1 Å². The van der Waals surface area contributed by atoms with Gasteiger partial charge in [0.1, 0.15) is 11.5 Å². The quantitative estimate of drug-likeness (QED) is 0.871. The largest absolute Gasteiger partial charge is 0.465 e. The molecule has 1 aromatic heterocycles. The Morgan fingerprint density at radius 2 is 2.05 bits per heavy atom. The summed E-state index contributed by atoms with van der Waals surface area (Å²) in [7, 11) is 4.06. The lowest BCUT2D eigenvalue weighted by molar-refractivity contribution is 0.316. The van der Waals surface area contributed by atoms with Crippen molar-refractivity contribution in [3.63, 3.8) is 0 Å². The van der Waals surface area contributed by atoms with E-state index in [9.17, 15) is 0 Å². The molecule has 0 atom stereocenters. The van der Waals surface area contributed by atoms with Gasteiger partial charge in [-0.3, -0.25) is 4.90 Å². The van der Waals surface area contributed by atoms with E-state index in [0.717, 1.165) is 35.6 Å². The monoisotopic (exact) mass is 336 g/mol. The number of benzene rings is 1. The van der Waals surface area contributed by atoms with E-state index in [1.165, 1.54) is 11.1 Å². The zero-order valence-electron chi connectivity index (χ0n) is 12.2. The summed E-state index contributed by atoms with van der Waals surface area (Å²) in [6, 6.07) is 10.6. The Labute approximate surface area is 129 Å². The normalized spacial score (nSPS) is 11.2. The molecule has 1 N–H and O–H groups in total. The Hall–Kier alpha value is -1.10. The number of furan rings is 1. The second-order valence-electron chi connectivity index (χ2n) is 5.13. The summed E-state index contributed by atoms with van der Waals surface area (Å²) in [5, 5.41) is 3.11. The minimum atomic E-state index is 0.774. The van der Waals surface area contributed by atoms with Gasteiger partial charge in [-0.15, -0.1) is 0 Å². The van der Waals surface area contributed by atoms with Crippen molar-refractivity contribution in [2.75, 3.05) is 14.1 Å². The van der Waals surface area contributed by atoms with E-state index in [1.807, 2.05) is 20.0 Å². The number of aryl methyl sites for hydroxylation is 1. The molecule has 0 aliphatic carbocycles. The second kappa shape index (κ2) is 7.07. The van der Waals surface area contributed by atoms with Crippen LogP contribution in [0.15, 0.2) is 39.2 Å². The number of hydrogen-bond donors (Lipinski definition) is 1. The number of halogens is 1. The minimum Gasteiger partial charge on any atom is -0.465 e. The van der Waals surface area contributed by atoms with Crippen molar-refractivity contribution >= 4 is 15.9 Å². The van der Waals surface area contributed by atoms with Gasteiger partial charge in [0.15, 0.2) is 0 Å². The van der Waals surface area contributed by atoms with E-state index in [1.54, 1.807) is 0 Å². The highest BCUT2D eigenvalue weighted by Gasteiger charge is 2.10. The third kappa shape index (κ3) is 4.20. The number of hydrogen-bond acceptors (Lipinski definition) is 3. The van der Waals surface area contributed by atoms with E-state index in [0.29, 0.717) is 0 Å². The van der Waals surface area contributed by atoms with Crippen LogP contribution in [0.2, 0.25) is 0 Å². The van der Waals surface area contributed by atoms with Crippen molar-refractivity contribution in [2.24, 2.45) is 0 Å². The van der Waals surface area contributed by atoms with Crippen molar-refractivity contribution in [2.45, 2.75) is 26.6 Å². The van der Waals surface area contributed by atoms with Crippen LogP contribution in [0.3, 0.4) is 0 Å². The maximum Gasteiger partial charge on any atom is 0.118 e. The van der Waals surface area contributed by atoms with Gasteiger partial charge >= 0.3 is 0 Å². The number of nitrogens with zero attached hydrogens (tertiary/aromatic N) is 1. The minimum absolute atomic E-state index is 0.774. The second-order valence-corrected chi connectivity index (χ2v) is 6.04. The molecule has 0 saturated carbocycles. The summed E-state index contributed by atoms with van der Waals surface area (Å²) in [5.41, 5.74) is 2.56. The Kier molecular flexibility index (Phi) is 5.40. The molecular weight excluding hydrogens is 316 g/mol. The molecule has 0 saturated heterocycles. The molecule has 0 amide bonds. The molecular formula is C16H21BrN2O. The standard InChI is InChI=1S/C16H21BrN2O/c1-12-14(8-16(20-12)9-18-2)11-19(3)10-13-5-4-6-15(17)7-13/h4-8,18H,9-11H2,1-3H3. The van der Waals surface area contributed by atoms with E-state index >= 15 is 0 Å². The van der Waals surface area contributed by atoms with Gasteiger partial charge in [0.2, 0.25) is 0 Å². The van der Waals surface area contributed by atoms with Crippen molar-refractivity contribution in [3.05, 3.63) is 57.5 Å². The summed E-state index contributed by atoms with van der Waals surface area (Å²) < 4.78 is 6.85. The topological polar surface area (TPSA) is 28.4 Å². The summed E-state index contributed by atoms with van der Waals surface area (Å²) in [6.45, 7) is 4.62. The zero-order chi connectivity index (χ0) is 14.5. The number of nitrogens with one attached hydrogen (secondary N) is 1. The van der Waals surface area contributed by atoms with Crippen LogP contribution in [-0.4, -0.2) is 19.0 Å². The smallest absolute Gasteiger partial charge is 0.118 e. The van der Waals surface area contributed by atoms with Crippen LogP contribution in [-0.2, 0) is 19.6 Å².